The summed E-state index contributed by atoms with van der Waals surface area (Å²) in [5.74, 6) is -2.88. The number of esters is 1. The fourth-order valence-electron chi connectivity index (χ4n) is 1.05. The van der Waals surface area contributed by atoms with Crippen LogP contribution in [0.5, 0.6) is 0 Å². The summed E-state index contributed by atoms with van der Waals surface area (Å²) in [4.78, 5) is 32.6. The number of ether oxygens (including phenoxy) is 1. The lowest BCUT2D eigenvalue weighted by Crippen LogP contribution is -2.34. The van der Waals surface area contributed by atoms with Crippen LogP contribution >= 0.6 is 0 Å². The molecule has 0 aromatic heterocycles. The second-order valence-corrected chi connectivity index (χ2v) is 2.81. The molecule has 0 atom stereocenters. The Labute approximate surface area is 69.9 Å². The highest BCUT2D eigenvalue weighted by Gasteiger charge is 2.34. The fraction of sp³-hybridized carbons (Fsp3) is 0.625. The number of ketones is 2. The van der Waals surface area contributed by atoms with Crippen molar-refractivity contribution in [3.63, 3.8) is 0 Å². The van der Waals surface area contributed by atoms with Crippen molar-refractivity contribution in [1.29, 1.82) is 0 Å². The molecule has 1 saturated carbocycles. The van der Waals surface area contributed by atoms with Crippen molar-refractivity contribution in [3.05, 3.63) is 0 Å². The summed E-state index contributed by atoms with van der Waals surface area (Å²) in [6.45, 7) is 0. The molecule has 4 nitrogen and oxygen atoms in total. The van der Waals surface area contributed by atoms with E-state index in [0.29, 0.717) is 0 Å². The maximum atomic E-state index is 11.1. The van der Waals surface area contributed by atoms with E-state index in [0.717, 1.165) is 26.4 Å². The number of hydrogen-bond acceptors (Lipinski definition) is 4. The van der Waals surface area contributed by atoms with Gasteiger partial charge in [-0.2, -0.15) is 0 Å². The maximum absolute atomic E-state index is 11.1. The van der Waals surface area contributed by atoms with Crippen molar-refractivity contribution in [3.8, 4) is 0 Å². The molecule has 0 heterocycles. The van der Waals surface area contributed by atoms with E-state index in [2.05, 4.69) is 4.74 Å². The van der Waals surface area contributed by atoms with Crippen LogP contribution in [-0.2, 0) is 19.1 Å². The van der Waals surface area contributed by atoms with Gasteiger partial charge in [0.15, 0.2) is 0 Å². The molecule has 0 N–H and O–H groups in total. The van der Waals surface area contributed by atoms with Gasteiger partial charge in [0.2, 0.25) is 5.78 Å². The lowest BCUT2D eigenvalue weighted by atomic mass is 9.81. The van der Waals surface area contributed by atoms with Gasteiger partial charge in [0.05, 0.1) is 7.11 Å². The fourth-order valence-corrected chi connectivity index (χ4v) is 1.05. The molecule has 0 amide bonds. The number of rotatable bonds is 3. The number of carbonyl (C=O) groups is 3. The van der Waals surface area contributed by atoms with Gasteiger partial charge >= 0.3 is 11.8 Å². The third-order valence-corrected chi connectivity index (χ3v) is 2.07. The standard InChI is InChI=1S/C8H10O4/c1-12-8(11)7(10)6(9)5-3-2-4-5/h5H,2-4H2,1H3. The molecule has 66 valence electrons. The van der Waals surface area contributed by atoms with Crippen molar-refractivity contribution >= 4 is 17.5 Å². The molecule has 0 spiro atoms. The molecular formula is C8H10O4. The summed E-state index contributed by atoms with van der Waals surface area (Å²) in [6.07, 6.45) is 2.41. The van der Waals surface area contributed by atoms with Crippen LogP contribution in [-0.4, -0.2) is 24.6 Å². The highest BCUT2D eigenvalue weighted by atomic mass is 16.5. The largest absolute Gasteiger partial charge is 0.463 e. The molecule has 0 bridgehead atoms. The zero-order valence-corrected chi connectivity index (χ0v) is 6.83. The van der Waals surface area contributed by atoms with Crippen LogP contribution in [0.15, 0.2) is 0 Å². The Bertz CT molecular complexity index is 227. The van der Waals surface area contributed by atoms with Crippen molar-refractivity contribution in [1.82, 2.24) is 0 Å². The van der Waals surface area contributed by atoms with Crippen LogP contribution in [0.2, 0.25) is 0 Å². The van der Waals surface area contributed by atoms with Crippen molar-refractivity contribution in [2.45, 2.75) is 19.3 Å². The molecule has 1 rings (SSSR count). The Balaban J connectivity index is 2.51. The molecular weight excluding hydrogens is 160 g/mol. The van der Waals surface area contributed by atoms with Gasteiger partial charge in [0.25, 0.3) is 0 Å². The van der Waals surface area contributed by atoms with Gasteiger partial charge in [-0.1, -0.05) is 6.42 Å². The van der Waals surface area contributed by atoms with Crippen molar-refractivity contribution in [2.24, 2.45) is 5.92 Å². The summed E-state index contributed by atoms with van der Waals surface area (Å²) in [5, 5.41) is 0. The van der Waals surface area contributed by atoms with E-state index < -0.39 is 17.5 Å². The van der Waals surface area contributed by atoms with E-state index in [1.165, 1.54) is 0 Å². The minimum atomic E-state index is -1.05. The Morgan fingerprint density at radius 2 is 1.83 bits per heavy atom. The van der Waals surface area contributed by atoms with E-state index in [1.807, 2.05) is 0 Å². The van der Waals surface area contributed by atoms with Gasteiger partial charge in [-0.25, -0.2) is 4.79 Å². The number of carbonyl (C=O) groups excluding carboxylic acids is 3. The normalized spacial score (nSPS) is 16.4. The summed E-state index contributed by atoms with van der Waals surface area (Å²) in [5.41, 5.74) is 0. The molecule has 0 aromatic rings. The predicted molar refractivity (Wildman–Crippen MR) is 39.4 cm³/mol. The predicted octanol–water partition coefficient (Wildman–Crippen LogP) is 0.0977. The molecule has 0 unspecified atom stereocenters. The molecule has 12 heavy (non-hydrogen) atoms. The first kappa shape index (κ1) is 8.90. The summed E-state index contributed by atoms with van der Waals surface area (Å²) in [7, 11) is 1.09. The van der Waals surface area contributed by atoms with E-state index in [9.17, 15) is 14.4 Å². The quantitative estimate of drug-likeness (QED) is 0.342. The molecule has 0 aliphatic heterocycles. The second kappa shape index (κ2) is 3.47. The van der Waals surface area contributed by atoms with E-state index >= 15 is 0 Å². The average Bonchev–Trinajstić information content (AvgIpc) is 1.98. The zero-order chi connectivity index (χ0) is 9.14. The van der Waals surface area contributed by atoms with E-state index in [4.69, 9.17) is 0 Å². The SMILES string of the molecule is COC(=O)C(=O)C(=O)C1CCC1. The minimum Gasteiger partial charge on any atom is -0.463 e. The number of hydrogen-bond donors (Lipinski definition) is 0. The molecule has 0 saturated heterocycles. The molecule has 1 aliphatic rings. The average molecular weight is 170 g/mol. The van der Waals surface area contributed by atoms with E-state index in [1.54, 1.807) is 0 Å². The number of Topliss-reactive ketones (excluding diaryl/α,β-unsaturated/α-hetero) is 2. The van der Waals surface area contributed by atoms with Crippen molar-refractivity contribution in [2.75, 3.05) is 7.11 Å². The Kier molecular flexibility index (Phi) is 2.58. The van der Waals surface area contributed by atoms with Crippen LogP contribution in [0.4, 0.5) is 0 Å². The third kappa shape index (κ3) is 1.52. The molecule has 1 aliphatic carbocycles. The number of methoxy groups -OCH3 is 1. The molecule has 1 fully saturated rings. The smallest absolute Gasteiger partial charge is 0.382 e. The van der Waals surface area contributed by atoms with Gasteiger partial charge in [0.1, 0.15) is 0 Å². The maximum Gasteiger partial charge on any atom is 0.382 e. The summed E-state index contributed by atoms with van der Waals surface area (Å²) >= 11 is 0. The first-order valence-corrected chi connectivity index (χ1v) is 3.83. The van der Waals surface area contributed by atoms with E-state index in [-0.39, 0.29) is 5.92 Å². The molecule has 4 heteroatoms. The lowest BCUT2D eigenvalue weighted by molar-refractivity contribution is -0.156. The van der Waals surface area contributed by atoms with Crippen LogP contribution in [0.3, 0.4) is 0 Å². The molecule has 0 radical (unpaired) electrons. The van der Waals surface area contributed by atoms with Gasteiger partial charge in [0, 0.05) is 5.92 Å². The van der Waals surface area contributed by atoms with Crippen LogP contribution in [0.1, 0.15) is 19.3 Å². The highest BCUT2D eigenvalue weighted by Crippen LogP contribution is 2.27. The van der Waals surface area contributed by atoms with Crippen LogP contribution < -0.4 is 0 Å². The Morgan fingerprint density at radius 1 is 1.25 bits per heavy atom. The first-order chi connectivity index (χ1) is 5.66. The van der Waals surface area contributed by atoms with Gasteiger partial charge in [-0.3, -0.25) is 9.59 Å². The van der Waals surface area contributed by atoms with Crippen LogP contribution in [0.25, 0.3) is 0 Å². The third-order valence-electron chi connectivity index (χ3n) is 2.07. The minimum absolute atomic E-state index is 0.225. The lowest BCUT2D eigenvalue weighted by Gasteiger charge is -2.22. The molecule has 0 aromatic carbocycles. The summed E-state index contributed by atoms with van der Waals surface area (Å²) in [6, 6.07) is 0. The monoisotopic (exact) mass is 170 g/mol. The van der Waals surface area contributed by atoms with Gasteiger partial charge in [-0.05, 0) is 12.8 Å². The Hall–Kier alpha value is -1.19. The first-order valence-electron chi connectivity index (χ1n) is 3.83. The Morgan fingerprint density at radius 3 is 2.17 bits per heavy atom. The topological polar surface area (TPSA) is 60.4 Å². The zero-order valence-electron chi connectivity index (χ0n) is 6.83. The van der Waals surface area contributed by atoms with Gasteiger partial charge < -0.3 is 4.74 Å². The highest BCUT2D eigenvalue weighted by molar-refractivity contribution is 6.62. The summed E-state index contributed by atoms with van der Waals surface area (Å²) < 4.78 is 4.14. The van der Waals surface area contributed by atoms with Gasteiger partial charge in [-0.15, -0.1) is 0 Å². The van der Waals surface area contributed by atoms with Crippen LogP contribution in [0, 0.1) is 5.92 Å². The van der Waals surface area contributed by atoms with Crippen molar-refractivity contribution < 1.29 is 19.1 Å². The second-order valence-electron chi connectivity index (χ2n) is 2.81.